The fourth-order valence-electron chi connectivity index (χ4n) is 0.642. The van der Waals surface area contributed by atoms with Gasteiger partial charge in [-0.25, -0.2) is 4.79 Å². The lowest BCUT2D eigenvalue weighted by molar-refractivity contribution is -0.139. The van der Waals surface area contributed by atoms with Crippen molar-refractivity contribution < 1.29 is 14.6 Å². The molecule has 0 spiro atoms. The number of carbonyl (C=O) groups is 1. The number of rotatable bonds is 4. The predicted octanol–water partition coefficient (Wildman–Crippen LogP) is 0.878. The van der Waals surface area contributed by atoms with Crippen molar-refractivity contribution in [2.45, 2.75) is 20.3 Å². The quantitative estimate of drug-likeness (QED) is 0.488. The van der Waals surface area contributed by atoms with Gasteiger partial charge in [0.1, 0.15) is 6.61 Å². The van der Waals surface area contributed by atoms with Crippen molar-refractivity contribution in [1.29, 1.82) is 0 Å². The number of hydrogen-bond donors (Lipinski definition) is 1. The summed E-state index contributed by atoms with van der Waals surface area (Å²) in [5.74, 6) is -0.346. The topological polar surface area (TPSA) is 46.5 Å². The van der Waals surface area contributed by atoms with Crippen LogP contribution in [-0.4, -0.2) is 24.3 Å². The third-order valence-electron chi connectivity index (χ3n) is 1.16. The highest BCUT2D eigenvalue weighted by Gasteiger charge is 2.02. The Hall–Kier alpha value is -0.830. The number of hydrogen-bond acceptors (Lipinski definition) is 3. The van der Waals surface area contributed by atoms with E-state index in [0.717, 1.165) is 6.42 Å². The maximum atomic E-state index is 10.9. The molecule has 0 saturated carbocycles. The van der Waals surface area contributed by atoms with Crippen molar-refractivity contribution in [3.8, 4) is 0 Å². The Morgan fingerprint density at radius 3 is 2.73 bits per heavy atom. The summed E-state index contributed by atoms with van der Waals surface area (Å²) in [5, 5.41) is 8.33. The van der Waals surface area contributed by atoms with Gasteiger partial charge in [0.15, 0.2) is 0 Å². The van der Waals surface area contributed by atoms with Crippen molar-refractivity contribution in [3.05, 3.63) is 11.6 Å². The van der Waals surface area contributed by atoms with Crippen molar-refractivity contribution >= 4 is 5.97 Å². The highest BCUT2D eigenvalue weighted by atomic mass is 16.5. The number of ether oxygens (including phenoxy) is 1. The van der Waals surface area contributed by atoms with Crippen LogP contribution in [0.1, 0.15) is 20.3 Å². The molecule has 0 aromatic carbocycles. The zero-order chi connectivity index (χ0) is 8.69. The maximum Gasteiger partial charge on any atom is 0.333 e. The van der Waals surface area contributed by atoms with Gasteiger partial charge >= 0.3 is 5.97 Å². The second-order valence-electron chi connectivity index (χ2n) is 2.15. The molecule has 0 radical (unpaired) electrons. The zero-order valence-corrected chi connectivity index (χ0v) is 6.96. The van der Waals surface area contributed by atoms with Crippen molar-refractivity contribution in [2.75, 3.05) is 13.2 Å². The van der Waals surface area contributed by atoms with Gasteiger partial charge in [0.05, 0.1) is 6.61 Å². The molecule has 0 aliphatic carbocycles. The highest BCUT2D eigenvalue weighted by Crippen LogP contribution is 1.97. The van der Waals surface area contributed by atoms with Crippen LogP contribution in [0, 0.1) is 0 Å². The molecular formula is C8H14O3. The molecule has 0 aliphatic heterocycles. The largest absolute Gasteiger partial charge is 0.460 e. The van der Waals surface area contributed by atoms with Crippen LogP contribution in [-0.2, 0) is 9.53 Å². The lowest BCUT2D eigenvalue weighted by Gasteiger charge is -2.01. The van der Waals surface area contributed by atoms with Crippen LogP contribution in [0.4, 0.5) is 0 Å². The van der Waals surface area contributed by atoms with E-state index < -0.39 is 0 Å². The second kappa shape index (κ2) is 5.92. The summed E-state index contributed by atoms with van der Waals surface area (Å²) in [4.78, 5) is 10.9. The average molecular weight is 158 g/mol. The Balaban J connectivity index is 3.73. The Bertz CT molecular complexity index is 149. The van der Waals surface area contributed by atoms with Gasteiger partial charge in [0.2, 0.25) is 0 Å². The third-order valence-corrected chi connectivity index (χ3v) is 1.16. The van der Waals surface area contributed by atoms with E-state index in [1.807, 2.05) is 6.92 Å². The number of esters is 1. The van der Waals surface area contributed by atoms with Gasteiger partial charge in [-0.1, -0.05) is 13.0 Å². The Morgan fingerprint density at radius 2 is 2.27 bits per heavy atom. The van der Waals surface area contributed by atoms with Gasteiger partial charge in [-0.2, -0.15) is 0 Å². The van der Waals surface area contributed by atoms with E-state index in [1.165, 1.54) is 0 Å². The van der Waals surface area contributed by atoms with E-state index in [4.69, 9.17) is 5.11 Å². The number of aliphatic hydroxyl groups is 1. The third kappa shape index (κ3) is 4.56. The molecule has 0 aromatic heterocycles. The molecule has 1 N–H and O–H groups in total. The lowest BCUT2D eigenvalue weighted by atomic mass is 10.2. The average Bonchev–Trinajstić information content (AvgIpc) is 2.00. The first kappa shape index (κ1) is 10.2. The number of aliphatic hydroxyl groups excluding tert-OH is 1. The molecule has 0 unspecified atom stereocenters. The molecule has 3 heteroatoms. The summed E-state index contributed by atoms with van der Waals surface area (Å²) in [5.41, 5.74) is 0.598. The summed E-state index contributed by atoms with van der Waals surface area (Å²) in [6.45, 7) is 3.60. The summed E-state index contributed by atoms with van der Waals surface area (Å²) in [6.07, 6.45) is 2.61. The van der Waals surface area contributed by atoms with Crippen LogP contribution >= 0.6 is 0 Å². The molecule has 0 fully saturated rings. The summed E-state index contributed by atoms with van der Waals surface area (Å²) in [7, 11) is 0. The van der Waals surface area contributed by atoms with Gasteiger partial charge in [-0.15, -0.1) is 0 Å². The molecule has 0 rings (SSSR count). The standard InChI is InChI=1S/C8H14O3/c1-3-4-7(2)8(10)11-6-5-9/h4,9H,3,5-6H2,1-2H3. The van der Waals surface area contributed by atoms with Crippen LogP contribution in [0.5, 0.6) is 0 Å². The fourth-order valence-corrected chi connectivity index (χ4v) is 0.642. The van der Waals surface area contributed by atoms with E-state index in [9.17, 15) is 4.79 Å². The monoisotopic (exact) mass is 158 g/mol. The summed E-state index contributed by atoms with van der Waals surface area (Å²) >= 11 is 0. The van der Waals surface area contributed by atoms with Crippen LogP contribution < -0.4 is 0 Å². The minimum Gasteiger partial charge on any atom is -0.460 e. The van der Waals surface area contributed by atoms with E-state index in [-0.39, 0.29) is 19.2 Å². The van der Waals surface area contributed by atoms with E-state index in [1.54, 1.807) is 13.0 Å². The van der Waals surface area contributed by atoms with Crippen molar-refractivity contribution in [1.82, 2.24) is 0 Å². The normalized spacial score (nSPS) is 11.4. The second-order valence-corrected chi connectivity index (χ2v) is 2.15. The molecule has 3 nitrogen and oxygen atoms in total. The zero-order valence-electron chi connectivity index (χ0n) is 6.96. The van der Waals surface area contributed by atoms with Crippen molar-refractivity contribution in [3.63, 3.8) is 0 Å². The molecule has 0 amide bonds. The first-order chi connectivity index (χ1) is 5.22. The SMILES string of the molecule is CCC=C(C)C(=O)OCCO. The smallest absolute Gasteiger partial charge is 0.333 e. The Kier molecular flexibility index (Phi) is 5.47. The van der Waals surface area contributed by atoms with Crippen LogP contribution in [0.3, 0.4) is 0 Å². The van der Waals surface area contributed by atoms with E-state index in [0.29, 0.717) is 5.57 Å². The molecule has 11 heavy (non-hydrogen) atoms. The van der Waals surface area contributed by atoms with Gasteiger partial charge in [-0.3, -0.25) is 0 Å². The minimum absolute atomic E-state index is 0.0771. The molecular weight excluding hydrogens is 144 g/mol. The summed E-state index contributed by atoms with van der Waals surface area (Å²) < 4.78 is 4.65. The van der Waals surface area contributed by atoms with Gasteiger partial charge < -0.3 is 9.84 Å². The van der Waals surface area contributed by atoms with E-state index >= 15 is 0 Å². The first-order valence-electron chi connectivity index (χ1n) is 3.67. The van der Waals surface area contributed by atoms with Crippen molar-refractivity contribution in [2.24, 2.45) is 0 Å². The van der Waals surface area contributed by atoms with Gasteiger partial charge in [-0.05, 0) is 13.3 Å². The van der Waals surface area contributed by atoms with Gasteiger partial charge in [0, 0.05) is 5.57 Å². The summed E-state index contributed by atoms with van der Waals surface area (Å²) in [6, 6.07) is 0. The van der Waals surface area contributed by atoms with Crippen LogP contribution in [0.15, 0.2) is 11.6 Å². The first-order valence-corrected chi connectivity index (χ1v) is 3.67. The molecule has 0 atom stereocenters. The molecule has 0 aromatic rings. The molecule has 0 saturated heterocycles. The molecule has 0 heterocycles. The van der Waals surface area contributed by atoms with Gasteiger partial charge in [0.25, 0.3) is 0 Å². The lowest BCUT2D eigenvalue weighted by Crippen LogP contribution is -2.09. The van der Waals surface area contributed by atoms with E-state index in [2.05, 4.69) is 4.74 Å². The Morgan fingerprint density at radius 1 is 1.64 bits per heavy atom. The minimum atomic E-state index is -0.346. The Labute approximate surface area is 66.7 Å². The molecule has 0 aliphatic rings. The maximum absolute atomic E-state index is 10.9. The predicted molar refractivity (Wildman–Crippen MR) is 42.1 cm³/mol. The fraction of sp³-hybridized carbons (Fsp3) is 0.625. The number of carbonyl (C=O) groups excluding carboxylic acids is 1. The van der Waals surface area contributed by atoms with Crippen LogP contribution in [0.25, 0.3) is 0 Å². The highest BCUT2D eigenvalue weighted by molar-refractivity contribution is 5.87. The van der Waals surface area contributed by atoms with Crippen LogP contribution in [0.2, 0.25) is 0 Å². The molecule has 64 valence electrons. The number of allylic oxidation sites excluding steroid dienone is 1. The molecule has 0 bridgehead atoms.